The minimum atomic E-state index is -1.77. The molecule has 22 nitrogen and oxygen atoms in total. The summed E-state index contributed by atoms with van der Waals surface area (Å²) in [5, 5.41) is 151. The van der Waals surface area contributed by atoms with Gasteiger partial charge in [-0.2, -0.15) is 0 Å². The zero-order chi connectivity index (χ0) is 51.2. The van der Waals surface area contributed by atoms with E-state index >= 15 is 0 Å². The van der Waals surface area contributed by atoms with Gasteiger partial charge >= 0.3 is 11.9 Å². The van der Waals surface area contributed by atoms with Gasteiger partial charge in [-0.1, -0.05) is 12.1 Å². The highest BCUT2D eigenvalue weighted by molar-refractivity contribution is 6.03. The van der Waals surface area contributed by atoms with Crippen LogP contribution in [0.1, 0.15) is 55.2 Å². The number of para-hydroxylation sites is 2. The van der Waals surface area contributed by atoms with Gasteiger partial charge in [-0.25, -0.2) is 19.6 Å². The number of hydrogen-bond donors (Lipinski definition) is 14. The van der Waals surface area contributed by atoms with Gasteiger partial charge in [0, 0.05) is 70.5 Å². The molecule has 1 aromatic heterocycles. The topological polar surface area (TPSA) is 380 Å². The van der Waals surface area contributed by atoms with Crippen molar-refractivity contribution in [2.75, 3.05) is 0 Å². The summed E-state index contributed by atoms with van der Waals surface area (Å²) in [5.74, 6) is -14.3. The number of carbonyl (C=O) groups is 2. The van der Waals surface area contributed by atoms with Gasteiger partial charge in [0.15, 0.2) is 58.2 Å². The third-order valence-corrected chi connectivity index (χ3v) is 12.2. The van der Waals surface area contributed by atoms with Crippen molar-refractivity contribution in [2.45, 2.75) is 37.3 Å². The first-order valence-corrected chi connectivity index (χ1v) is 21.3. The molecule has 0 spiro atoms. The largest absolute Gasteiger partial charge is 0.508 e. The van der Waals surface area contributed by atoms with Gasteiger partial charge in [0.2, 0.25) is 5.75 Å². The average molecular weight is 985 g/mol. The van der Waals surface area contributed by atoms with E-state index in [9.17, 15) is 81.1 Å². The summed E-state index contributed by atoms with van der Waals surface area (Å²) in [6.45, 7) is 0. The van der Waals surface area contributed by atoms with Crippen molar-refractivity contribution in [1.29, 1.82) is 0 Å². The lowest BCUT2D eigenvalue weighted by Gasteiger charge is -2.37. The average Bonchev–Trinajstić information content (AvgIpc) is 3.33. The van der Waals surface area contributed by atoms with Crippen molar-refractivity contribution in [1.82, 2.24) is 9.97 Å². The third-order valence-electron chi connectivity index (χ3n) is 12.2. The van der Waals surface area contributed by atoms with Crippen LogP contribution in [0.5, 0.6) is 92.0 Å². The van der Waals surface area contributed by atoms with Crippen LogP contribution in [-0.4, -0.2) is 106 Å². The van der Waals surface area contributed by atoms with E-state index in [2.05, 4.69) is 4.98 Å². The molecule has 0 fully saturated rings. The molecule has 366 valence electrons. The number of carbonyl (C=O) groups excluding carboxylic acids is 2. The van der Waals surface area contributed by atoms with Crippen LogP contribution >= 0.6 is 0 Å². The van der Waals surface area contributed by atoms with Crippen molar-refractivity contribution < 1.29 is 100 Å². The Labute approximate surface area is 401 Å². The lowest BCUT2D eigenvalue weighted by Crippen LogP contribution is -2.36. The summed E-state index contributed by atoms with van der Waals surface area (Å²) >= 11 is 0. The molecular formula is C50H36N2O20. The van der Waals surface area contributed by atoms with Crippen LogP contribution in [0, 0.1) is 0 Å². The van der Waals surface area contributed by atoms with Crippen LogP contribution < -0.4 is 9.47 Å². The fourth-order valence-electron chi connectivity index (χ4n) is 8.90. The Morgan fingerprint density at radius 1 is 0.444 bits per heavy atom. The monoisotopic (exact) mass is 984 g/mol. The maximum Gasteiger partial charge on any atom is 0.338 e. The molecule has 0 amide bonds. The minimum Gasteiger partial charge on any atom is -0.508 e. The number of aromatic hydroxyl groups is 14. The molecule has 22 heteroatoms. The zero-order valence-electron chi connectivity index (χ0n) is 36.4. The lowest BCUT2D eigenvalue weighted by atomic mass is 9.83. The molecule has 2 aliphatic heterocycles. The lowest BCUT2D eigenvalue weighted by molar-refractivity contribution is -0.0196. The smallest absolute Gasteiger partial charge is 0.338 e. The number of hydrogen-bond acceptors (Lipinski definition) is 22. The van der Waals surface area contributed by atoms with Crippen LogP contribution in [0.2, 0.25) is 0 Å². The van der Waals surface area contributed by atoms with E-state index in [4.69, 9.17) is 23.9 Å². The molecular weight excluding hydrogens is 949 g/mol. The standard InChI is InChI=1S/C50H36N2O20/c53-19-9-27(55)21-15-37(71-49(67)17-5-30(58)43(63)31(59)6-17)47(69-35(21)11-19)23-13-29(57)41-42(52-26-4-2-1-3-25(26)51-41)39(23)40-24(14-34(62)45(65)46(40)66)48-38(16-22-28(56)10-20(54)12-36(22)70-48)72-50(68)18-7-32(60)44(64)33(61)8-18/h1-14,37-38,47-48,53-66H,15-16H2/t37-,38-,47-,48-/m0/s1. The van der Waals surface area contributed by atoms with Crippen molar-refractivity contribution in [2.24, 2.45) is 0 Å². The molecule has 2 aliphatic rings. The number of rotatable bonds is 7. The predicted octanol–water partition coefficient (Wildman–Crippen LogP) is 6.13. The molecule has 14 N–H and O–H groups in total. The van der Waals surface area contributed by atoms with Gasteiger partial charge in [0.05, 0.1) is 22.2 Å². The Balaban J connectivity index is 1.24. The van der Waals surface area contributed by atoms with Crippen LogP contribution in [0.15, 0.2) is 84.9 Å². The number of phenols is 14. The molecule has 8 aromatic rings. The number of nitrogens with zero attached hydrogens (tertiary/aromatic N) is 2. The number of benzene rings is 7. The van der Waals surface area contributed by atoms with E-state index in [1.54, 1.807) is 24.3 Å². The van der Waals surface area contributed by atoms with Gasteiger partial charge < -0.3 is 90.4 Å². The van der Waals surface area contributed by atoms with E-state index in [0.717, 1.165) is 60.7 Å². The second-order valence-electron chi connectivity index (χ2n) is 16.8. The minimum absolute atomic E-state index is 0.0119. The van der Waals surface area contributed by atoms with Crippen LogP contribution in [-0.2, 0) is 22.3 Å². The maximum absolute atomic E-state index is 14.0. The third kappa shape index (κ3) is 7.64. The second-order valence-corrected chi connectivity index (χ2v) is 16.8. The quantitative estimate of drug-likeness (QED) is 0.0485. The van der Waals surface area contributed by atoms with E-state index in [-0.39, 0.29) is 61.4 Å². The van der Waals surface area contributed by atoms with E-state index in [1.807, 2.05) is 0 Å². The second kappa shape index (κ2) is 16.8. The Hall–Kier alpha value is -10.1. The van der Waals surface area contributed by atoms with Gasteiger partial charge in [0.1, 0.15) is 63.5 Å². The summed E-state index contributed by atoms with van der Waals surface area (Å²) in [6, 6.07) is 15.6. The Bertz CT molecular complexity index is 3590. The molecule has 0 aliphatic carbocycles. The Morgan fingerprint density at radius 3 is 1.31 bits per heavy atom. The van der Waals surface area contributed by atoms with E-state index in [1.165, 1.54) is 0 Å². The molecule has 0 saturated heterocycles. The Morgan fingerprint density at radius 2 is 0.847 bits per heavy atom. The first-order valence-electron chi connectivity index (χ1n) is 21.3. The molecule has 72 heavy (non-hydrogen) atoms. The summed E-state index contributed by atoms with van der Waals surface area (Å²) in [5.41, 5.74) is -2.55. The summed E-state index contributed by atoms with van der Waals surface area (Å²) < 4.78 is 24.7. The molecule has 0 saturated carbocycles. The summed E-state index contributed by atoms with van der Waals surface area (Å²) in [4.78, 5) is 37.3. The van der Waals surface area contributed by atoms with Crippen molar-refractivity contribution >= 4 is 34.0 Å². The molecule has 7 aromatic carbocycles. The Kier molecular flexibility index (Phi) is 10.7. The van der Waals surface area contributed by atoms with Gasteiger partial charge in [-0.3, -0.25) is 0 Å². The number of esters is 2. The van der Waals surface area contributed by atoms with Gasteiger partial charge in [0.25, 0.3) is 0 Å². The SMILES string of the molecule is O=C(O[C@H]1Cc2c(O)cc(O)cc2O[C@H]1c1cc(O)c(O)c(O)c1-c1c([C@@H]2Oc3cc(O)cc(O)c3C[C@@H]2OC(=O)c2cc(O)c(O)c(O)c2)cc(O)c2nc3ccccc3nc12)c1cc(O)c(O)c(O)c1. The molecule has 0 bridgehead atoms. The fraction of sp³-hybridized carbons (Fsp3) is 0.120. The normalized spacial score (nSPS) is 17.1. The van der Waals surface area contributed by atoms with E-state index < -0.39 is 146 Å². The van der Waals surface area contributed by atoms with Crippen LogP contribution in [0.25, 0.3) is 33.2 Å². The molecule has 3 heterocycles. The van der Waals surface area contributed by atoms with E-state index in [0.29, 0.717) is 0 Å². The summed E-state index contributed by atoms with van der Waals surface area (Å²) in [7, 11) is 0. The highest BCUT2D eigenvalue weighted by atomic mass is 16.6. The first kappa shape index (κ1) is 45.7. The predicted molar refractivity (Wildman–Crippen MR) is 244 cm³/mol. The van der Waals surface area contributed by atoms with Gasteiger partial charge in [-0.15, -0.1) is 0 Å². The fourth-order valence-corrected chi connectivity index (χ4v) is 8.90. The molecule has 0 radical (unpaired) electrons. The van der Waals surface area contributed by atoms with Crippen LogP contribution in [0.3, 0.4) is 0 Å². The summed E-state index contributed by atoms with van der Waals surface area (Å²) in [6.07, 6.45) is -7.69. The molecule has 0 unspecified atom stereocenters. The first-order chi connectivity index (χ1) is 34.3. The highest BCUT2D eigenvalue weighted by Crippen LogP contribution is 2.56. The number of ether oxygens (including phenoxy) is 4. The zero-order valence-corrected chi connectivity index (χ0v) is 36.4. The number of aromatic nitrogens is 2. The number of fused-ring (bicyclic) bond motifs is 4. The van der Waals surface area contributed by atoms with Crippen molar-refractivity contribution in [3.8, 4) is 103 Å². The van der Waals surface area contributed by atoms with Gasteiger partial charge in [-0.05, 0) is 48.5 Å². The number of phenolic OH excluding ortho intramolecular Hbond substituents is 14. The highest BCUT2D eigenvalue weighted by Gasteiger charge is 2.44. The van der Waals surface area contributed by atoms with Crippen LogP contribution in [0.4, 0.5) is 0 Å². The molecule has 10 rings (SSSR count). The van der Waals surface area contributed by atoms with Crippen molar-refractivity contribution in [3.63, 3.8) is 0 Å². The van der Waals surface area contributed by atoms with Crippen molar-refractivity contribution in [3.05, 3.63) is 118 Å². The maximum atomic E-state index is 14.0. The molecule has 4 atom stereocenters.